The lowest BCUT2D eigenvalue weighted by Crippen LogP contribution is -2.32. The fraction of sp³-hybridized carbons (Fsp3) is 0.467. The molecule has 1 aliphatic heterocycles. The molecule has 0 atom stereocenters. The van der Waals surface area contributed by atoms with E-state index in [1.54, 1.807) is 22.8 Å². The summed E-state index contributed by atoms with van der Waals surface area (Å²) in [4.78, 5) is 23.7. The molecule has 2 aromatic rings. The van der Waals surface area contributed by atoms with E-state index in [-0.39, 0.29) is 24.3 Å². The Morgan fingerprint density at radius 1 is 1.45 bits per heavy atom. The maximum atomic E-state index is 12.1. The first-order chi connectivity index (χ1) is 10.7. The number of ether oxygens (including phenoxy) is 1. The standard InChI is InChI=1S/C15H19N3O4/c1-21-9-14(19)17-10-2-3-13-12(8-10)18(15(20)22-13)11-4-6-16-7-5-11/h2-3,8,11,16H,4-7,9H2,1H3,(H,17,19). The molecule has 1 fully saturated rings. The number of anilines is 1. The largest absolute Gasteiger partial charge is 0.420 e. The number of oxazole rings is 1. The van der Waals surface area contributed by atoms with Crippen molar-refractivity contribution in [3.63, 3.8) is 0 Å². The van der Waals surface area contributed by atoms with Gasteiger partial charge in [-0.3, -0.25) is 9.36 Å². The van der Waals surface area contributed by atoms with E-state index < -0.39 is 0 Å². The van der Waals surface area contributed by atoms with Crippen LogP contribution in [0, 0.1) is 0 Å². The van der Waals surface area contributed by atoms with Gasteiger partial charge in [-0.15, -0.1) is 0 Å². The minimum atomic E-state index is -0.345. The molecule has 22 heavy (non-hydrogen) atoms. The molecule has 1 aromatic heterocycles. The van der Waals surface area contributed by atoms with Crippen LogP contribution in [0.15, 0.2) is 27.4 Å². The number of nitrogens with zero attached hydrogens (tertiary/aromatic N) is 1. The molecule has 1 aliphatic rings. The molecule has 0 spiro atoms. The predicted octanol–water partition coefficient (Wildman–Crippen LogP) is 1.10. The lowest BCUT2D eigenvalue weighted by atomic mass is 10.1. The number of methoxy groups -OCH3 is 1. The van der Waals surface area contributed by atoms with E-state index in [9.17, 15) is 9.59 Å². The van der Waals surface area contributed by atoms with E-state index in [0.717, 1.165) is 25.9 Å². The zero-order valence-electron chi connectivity index (χ0n) is 12.4. The highest BCUT2D eigenvalue weighted by Crippen LogP contribution is 2.25. The Morgan fingerprint density at radius 2 is 2.23 bits per heavy atom. The fourth-order valence-corrected chi connectivity index (χ4v) is 2.85. The van der Waals surface area contributed by atoms with Crippen LogP contribution in [0.4, 0.5) is 5.69 Å². The molecule has 118 valence electrons. The number of fused-ring (bicyclic) bond motifs is 1. The first kappa shape index (κ1) is 14.8. The van der Waals surface area contributed by atoms with E-state index in [4.69, 9.17) is 9.15 Å². The summed E-state index contributed by atoms with van der Waals surface area (Å²) in [5.41, 5.74) is 1.87. The van der Waals surface area contributed by atoms with Crippen molar-refractivity contribution in [2.75, 3.05) is 32.1 Å². The number of hydrogen-bond acceptors (Lipinski definition) is 5. The van der Waals surface area contributed by atoms with Crippen molar-refractivity contribution in [3.8, 4) is 0 Å². The zero-order chi connectivity index (χ0) is 15.5. The van der Waals surface area contributed by atoms with Crippen LogP contribution in [0.3, 0.4) is 0 Å². The molecule has 1 amide bonds. The van der Waals surface area contributed by atoms with Gasteiger partial charge in [-0.25, -0.2) is 4.79 Å². The minimum absolute atomic E-state index is 0.00940. The summed E-state index contributed by atoms with van der Waals surface area (Å²) in [5.74, 6) is -0.580. The number of hydrogen-bond donors (Lipinski definition) is 2. The van der Waals surface area contributed by atoms with Crippen LogP contribution in [0.1, 0.15) is 18.9 Å². The second-order valence-corrected chi connectivity index (χ2v) is 5.38. The number of aromatic nitrogens is 1. The van der Waals surface area contributed by atoms with Gasteiger partial charge in [0.15, 0.2) is 5.58 Å². The summed E-state index contributed by atoms with van der Waals surface area (Å²) >= 11 is 0. The number of piperidine rings is 1. The molecule has 2 N–H and O–H groups in total. The van der Waals surface area contributed by atoms with Crippen molar-refractivity contribution in [3.05, 3.63) is 28.7 Å². The molecule has 3 rings (SSSR count). The smallest absolute Gasteiger partial charge is 0.408 e. The van der Waals surface area contributed by atoms with Gasteiger partial charge < -0.3 is 19.8 Å². The van der Waals surface area contributed by atoms with Gasteiger partial charge in [0, 0.05) is 18.8 Å². The Bertz CT molecular complexity index is 728. The first-order valence-electron chi connectivity index (χ1n) is 7.33. The SMILES string of the molecule is COCC(=O)Nc1ccc2oc(=O)n(C3CCNCC3)c2c1. The van der Waals surface area contributed by atoms with Crippen molar-refractivity contribution < 1.29 is 13.9 Å². The molecule has 0 aliphatic carbocycles. The molecule has 0 saturated carbocycles. The van der Waals surface area contributed by atoms with Gasteiger partial charge in [0.25, 0.3) is 0 Å². The summed E-state index contributed by atoms with van der Waals surface area (Å²) in [6.45, 7) is 1.76. The second-order valence-electron chi connectivity index (χ2n) is 5.38. The molecule has 0 bridgehead atoms. The van der Waals surface area contributed by atoms with Gasteiger partial charge in [0.1, 0.15) is 6.61 Å². The summed E-state index contributed by atoms with van der Waals surface area (Å²) in [6, 6.07) is 5.32. The van der Waals surface area contributed by atoms with E-state index in [2.05, 4.69) is 10.6 Å². The van der Waals surface area contributed by atoms with Crippen LogP contribution in [-0.2, 0) is 9.53 Å². The van der Waals surface area contributed by atoms with E-state index in [1.165, 1.54) is 7.11 Å². The van der Waals surface area contributed by atoms with Crippen LogP contribution in [0.25, 0.3) is 11.1 Å². The van der Waals surface area contributed by atoms with Crippen LogP contribution in [0.5, 0.6) is 0 Å². The van der Waals surface area contributed by atoms with Crippen molar-refractivity contribution >= 4 is 22.7 Å². The average Bonchev–Trinajstić information content (AvgIpc) is 2.83. The highest BCUT2D eigenvalue weighted by Gasteiger charge is 2.21. The van der Waals surface area contributed by atoms with Gasteiger partial charge in [-0.2, -0.15) is 0 Å². The van der Waals surface area contributed by atoms with Crippen molar-refractivity contribution in [2.45, 2.75) is 18.9 Å². The number of carbonyl (C=O) groups is 1. The van der Waals surface area contributed by atoms with Crippen LogP contribution >= 0.6 is 0 Å². The van der Waals surface area contributed by atoms with Gasteiger partial charge in [-0.05, 0) is 44.1 Å². The Morgan fingerprint density at radius 3 is 2.95 bits per heavy atom. The zero-order valence-corrected chi connectivity index (χ0v) is 12.4. The third kappa shape index (κ3) is 2.90. The van der Waals surface area contributed by atoms with Crippen molar-refractivity contribution in [2.24, 2.45) is 0 Å². The third-order valence-corrected chi connectivity index (χ3v) is 3.85. The number of rotatable bonds is 4. The number of carbonyl (C=O) groups excluding carboxylic acids is 1. The van der Waals surface area contributed by atoms with E-state index in [1.807, 2.05) is 0 Å². The maximum absolute atomic E-state index is 12.1. The van der Waals surface area contributed by atoms with Gasteiger partial charge >= 0.3 is 5.76 Å². The molecule has 0 radical (unpaired) electrons. The first-order valence-corrected chi connectivity index (χ1v) is 7.33. The van der Waals surface area contributed by atoms with Gasteiger partial charge in [0.2, 0.25) is 5.91 Å². The number of nitrogens with one attached hydrogen (secondary N) is 2. The molecule has 7 nitrogen and oxygen atoms in total. The second kappa shape index (κ2) is 6.33. The molecule has 7 heteroatoms. The lowest BCUT2D eigenvalue weighted by molar-refractivity contribution is -0.119. The molecule has 1 saturated heterocycles. The van der Waals surface area contributed by atoms with Crippen LogP contribution < -0.4 is 16.4 Å². The Hall–Kier alpha value is -2.12. The van der Waals surface area contributed by atoms with E-state index in [0.29, 0.717) is 16.8 Å². The number of benzene rings is 1. The van der Waals surface area contributed by atoms with Gasteiger partial charge in [0.05, 0.1) is 5.52 Å². The molecular weight excluding hydrogens is 286 g/mol. The monoisotopic (exact) mass is 305 g/mol. The Balaban J connectivity index is 1.95. The van der Waals surface area contributed by atoms with Crippen molar-refractivity contribution in [1.29, 1.82) is 0 Å². The minimum Gasteiger partial charge on any atom is -0.408 e. The molecule has 2 heterocycles. The van der Waals surface area contributed by atoms with Gasteiger partial charge in [-0.1, -0.05) is 0 Å². The highest BCUT2D eigenvalue weighted by molar-refractivity contribution is 5.93. The quantitative estimate of drug-likeness (QED) is 0.883. The summed E-state index contributed by atoms with van der Waals surface area (Å²) in [6.07, 6.45) is 1.77. The Labute approximate surface area is 127 Å². The van der Waals surface area contributed by atoms with E-state index >= 15 is 0 Å². The predicted molar refractivity (Wildman–Crippen MR) is 82.1 cm³/mol. The summed E-state index contributed by atoms with van der Waals surface area (Å²) < 4.78 is 11.8. The fourth-order valence-electron chi connectivity index (χ4n) is 2.85. The normalized spacial score (nSPS) is 16.0. The summed E-state index contributed by atoms with van der Waals surface area (Å²) in [5, 5.41) is 6.02. The van der Waals surface area contributed by atoms with Crippen molar-refractivity contribution in [1.82, 2.24) is 9.88 Å². The maximum Gasteiger partial charge on any atom is 0.420 e. The summed E-state index contributed by atoms with van der Waals surface area (Å²) in [7, 11) is 1.47. The highest BCUT2D eigenvalue weighted by atomic mass is 16.5. The molecule has 1 aromatic carbocycles. The molecular formula is C15H19N3O4. The lowest BCUT2D eigenvalue weighted by Gasteiger charge is -2.23. The van der Waals surface area contributed by atoms with Crippen LogP contribution in [-0.4, -0.2) is 37.3 Å². The van der Waals surface area contributed by atoms with Crippen LogP contribution in [0.2, 0.25) is 0 Å². The number of amides is 1. The Kier molecular flexibility index (Phi) is 4.26. The third-order valence-electron chi connectivity index (χ3n) is 3.85. The average molecular weight is 305 g/mol. The topological polar surface area (TPSA) is 85.5 Å². The molecule has 0 unspecified atom stereocenters.